The fourth-order valence-electron chi connectivity index (χ4n) is 6.80. The second-order valence-corrected chi connectivity index (χ2v) is 12.2. The first kappa shape index (κ1) is 23.3. The molecule has 1 radical (unpaired) electrons. The topological polar surface area (TPSA) is 20.2 Å². The van der Waals surface area contributed by atoms with Gasteiger partial charge in [0.25, 0.3) is 0 Å². The highest BCUT2D eigenvalue weighted by molar-refractivity contribution is 6.00. The first-order chi connectivity index (χ1) is 17.1. The molecule has 1 N–H and O–H groups in total. The van der Waals surface area contributed by atoms with Crippen molar-refractivity contribution in [2.75, 3.05) is 0 Å². The van der Waals surface area contributed by atoms with Gasteiger partial charge in [0.1, 0.15) is 0 Å². The van der Waals surface area contributed by atoms with E-state index in [0.29, 0.717) is 0 Å². The Balaban J connectivity index is 1.59. The molecule has 2 aliphatic rings. The molecule has 0 spiro atoms. The molecule has 1 unspecified atom stereocenters. The van der Waals surface area contributed by atoms with Crippen molar-refractivity contribution < 1.29 is 5.11 Å². The smallest absolute Gasteiger partial charge is 0.0803 e. The van der Waals surface area contributed by atoms with Crippen LogP contribution in [0, 0.1) is 19.3 Å². The average Bonchev–Trinajstić information content (AvgIpc) is 2.81. The van der Waals surface area contributed by atoms with Gasteiger partial charge in [-0.05, 0) is 104 Å². The molecule has 36 heavy (non-hydrogen) atoms. The average molecular weight is 472 g/mol. The lowest BCUT2D eigenvalue weighted by Gasteiger charge is -2.40. The summed E-state index contributed by atoms with van der Waals surface area (Å²) < 4.78 is 0. The number of aliphatic hydroxyl groups excluding tert-OH is 1. The van der Waals surface area contributed by atoms with Crippen LogP contribution < -0.4 is 0 Å². The van der Waals surface area contributed by atoms with Crippen molar-refractivity contribution in [1.82, 2.24) is 0 Å². The van der Waals surface area contributed by atoms with Gasteiger partial charge in [-0.25, -0.2) is 0 Å². The Bertz CT molecular complexity index is 1610. The number of hydrogen-bond acceptors (Lipinski definition) is 1. The predicted octanol–water partition coefficient (Wildman–Crippen LogP) is 9.26. The lowest BCUT2D eigenvalue weighted by atomic mass is 9.64. The van der Waals surface area contributed by atoms with E-state index in [4.69, 9.17) is 0 Å². The van der Waals surface area contributed by atoms with Gasteiger partial charge in [0, 0.05) is 0 Å². The minimum Gasteiger partial charge on any atom is -0.388 e. The van der Waals surface area contributed by atoms with E-state index in [1.54, 1.807) is 5.57 Å². The van der Waals surface area contributed by atoms with E-state index in [1.165, 1.54) is 38.6 Å². The molecular formula is C35H35O. The van der Waals surface area contributed by atoms with E-state index >= 15 is 0 Å². The molecule has 6 rings (SSSR count). The maximum Gasteiger partial charge on any atom is 0.0803 e. The van der Waals surface area contributed by atoms with Crippen LogP contribution in [0.1, 0.15) is 68.9 Å². The Morgan fingerprint density at radius 2 is 1.53 bits per heavy atom. The summed E-state index contributed by atoms with van der Waals surface area (Å²) in [6.07, 6.45) is 6.20. The van der Waals surface area contributed by atoms with Gasteiger partial charge < -0.3 is 5.11 Å². The summed E-state index contributed by atoms with van der Waals surface area (Å²) >= 11 is 0. The number of hydrogen-bond donors (Lipinski definition) is 1. The highest BCUT2D eigenvalue weighted by atomic mass is 16.3. The molecule has 0 amide bonds. The Labute approximate surface area is 215 Å². The van der Waals surface area contributed by atoms with Crippen LogP contribution in [0.25, 0.3) is 38.2 Å². The lowest BCUT2D eigenvalue weighted by Crippen LogP contribution is -2.27. The molecule has 1 nitrogen and oxygen atoms in total. The van der Waals surface area contributed by atoms with Crippen LogP contribution in [0.2, 0.25) is 0 Å². The van der Waals surface area contributed by atoms with Crippen molar-refractivity contribution in [3.05, 3.63) is 108 Å². The second kappa shape index (κ2) is 7.92. The lowest BCUT2D eigenvalue weighted by molar-refractivity contribution is 0.228. The van der Waals surface area contributed by atoms with Gasteiger partial charge in [0.05, 0.1) is 6.10 Å². The first-order valence-corrected chi connectivity index (χ1v) is 13.1. The van der Waals surface area contributed by atoms with Gasteiger partial charge in [0.15, 0.2) is 0 Å². The largest absolute Gasteiger partial charge is 0.388 e. The zero-order chi connectivity index (χ0) is 25.4. The fraction of sp³-hybridized carbons (Fsp3) is 0.286. The number of aryl methyl sites for hydroxylation is 1. The quantitative estimate of drug-likeness (QED) is 0.309. The van der Waals surface area contributed by atoms with Crippen LogP contribution >= 0.6 is 0 Å². The van der Waals surface area contributed by atoms with E-state index in [9.17, 15) is 5.11 Å². The maximum atomic E-state index is 10.7. The first-order valence-electron chi connectivity index (χ1n) is 13.1. The molecule has 181 valence electrons. The number of fused-ring (bicyclic) bond motifs is 5. The maximum absolute atomic E-state index is 10.7. The Morgan fingerprint density at radius 3 is 2.31 bits per heavy atom. The summed E-state index contributed by atoms with van der Waals surface area (Å²) in [5.41, 5.74) is 10.5. The molecule has 0 saturated carbocycles. The van der Waals surface area contributed by atoms with Gasteiger partial charge in [0.2, 0.25) is 0 Å². The van der Waals surface area contributed by atoms with Gasteiger partial charge in [-0.3, -0.25) is 0 Å². The zero-order valence-electron chi connectivity index (χ0n) is 22.1. The van der Waals surface area contributed by atoms with E-state index in [-0.39, 0.29) is 10.8 Å². The minimum absolute atomic E-state index is 0.0700. The molecule has 0 saturated heterocycles. The van der Waals surface area contributed by atoms with Gasteiger partial charge >= 0.3 is 0 Å². The fourth-order valence-corrected chi connectivity index (χ4v) is 6.80. The third-order valence-electron chi connectivity index (χ3n) is 8.33. The molecule has 1 atom stereocenters. The molecule has 4 aromatic rings. The van der Waals surface area contributed by atoms with Crippen LogP contribution in [0.3, 0.4) is 0 Å². The Kier molecular flexibility index (Phi) is 5.11. The molecule has 0 bridgehead atoms. The van der Waals surface area contributed by atoms with Crippen LogP contribution in [-0.4, -0.2) is 5.11 Å². The molecule has 0 aromatic heterocycles. The van der Waals surface area contributed by atoms with Crippen molar-refractivity contribution in [3.63, 3.8) is 0 Å². The molecule has 1 heteroatoms. The van der Waals surface area contributed by atoms with Gasteiger partial charge in [-0.15, -0.1) is 0 Å². The molecule has 0 fully saturated rings. The van der Waals surface area contributed by atoms with Crippen LogP contribution in [0.15, 0.2) is 78.4 Å². The Hall–Kier alpha value is -3.16. The number of allylic oxidation sites excluding steroid dienone is 4. The number of rotatable bonds is 2. The van der Waals surface area contributed by atoms with E-state index < -0.39 is 6.10 Å². The summed E-state index contributed by atoms with van der Waals surface area (Å²) in [5.74, 6) is 0. The zero-order valence-corrected chi connectivity index (χ0v) is 22.1. The summed E-state index contributed by atoms with van der Waals surface area (Å²) in [7, 11) is 0. The van der Waals surface area contributed by atoms with Crippen molar-refractivity contribution >= 4 is 27.1 Å². The van der Waals surface area contributed by atoms with E-state index in [2.05, 4.69) is 102 Å². The van der Waals surface area contributed by atoms with Gasteiger partial charge in [-0.1, -0.05) is 100 Å². The monoisotopic (exact) mass is 471 g/mol. The Morgan fingerprint density at radius 1 is 0.806 bits per heavy atom. The van der Waals surface area contributed by atoms with E-state index in [1.807, 2.05) is 12.1 Å². The third-order valence-corrected chi connectivity index (χ3v) is 8.33. The third kappa shape index (κ3) is 3.56. The molecule has 4 aromatic carbocycles. The summed E-state index contributed by atoms with van der Waals surface area (Å²) in [6.45, 7) is 15.7. The molecule has 2 aliphatic carbocycles. The van der Waals surface area contributed by atoms with Crippen molar-refractivity contribution in [3.8, 4) is 11.1 Å². The highest BCUT2D eigenvalue weighted by Crippen LogP contribution is 2.51. The summed E-state index contributed by atoms with van der Waals surface area (Å²) in [4.78, 5) is 0. The van der Waals surface area contributed by atoms with Crippen molar-refractivity contribution in [2.24, 2.45) is 5.41 Å². The number of aliphatic hydroxyl groups is 1. The van der Waals surface area contributed by atoms with Crippen LogP contribution in [-0.2, 0) is 5.41 Å². The van der Waals surface area contributed by atoms with Crippen LogP contribution in [0.5, 0.6) is 0 Å². The SMILES string of the molecule is [CH2]C(O)c1c(-c2cc3ccc4c(c3cc2C)C(C)(C)CC2=C4C=CC(C)(C)C2)ccc2ccccc12. The number of benzene rings is 4. The standard InChI is InChI=1S/C35H35O/c1-21-17-31-24(18-30(21)28-13-11-23-9-7-8-10-27(23)32(28)22(2)36)12-14-29-26-15-16-34(3,4)19-25(26)20-35(5,6)33(29)31/h7-18,22,36H,2,19-20H2,1,3-6H3. The normalized spacial score (nSPS) is 18.9. The van der Waals surface area contributed by atoms with Crippen LogP contribution in [0.4, 0.5) is 0 Å². The van der Waals surface area contributed by atoms with Gasteiger partial charge in [-0.2, -0.15) is 0 Å². The predicted molar refractivity (Wildman–Crippen MR) is 154 cm³/mol. The summed E-state index contributed by atoms with van der Waals surface area (Å²) in [5, 5.41) is 15.5. The molecular weight excluding hydrogens is 436 g/mol. The van der Waals surface area contributed by atoms with E-state index in [0.717, 1.165) is 34.7 Å². The summed E-state index contributed by atoms with van der Waals surface area (Å²) in [6, 6.07) is 21.9. The highest BCUT2D eigenvalue weighted by Gasteiger charge is 2.36. The minimum atomic E-state index is -0.795. The molecule has 0 heterocycles. The van der Waals surface area contributed by atoms with Crippen molar-refractivity contribution in [2.45, 2.75) is 59.0 Å². The molecule has 0 aliphatic heterocycles. The second-order valence-electron chi connectivity index (χ2n) is 12.2. The van der Waals surface area contributed by atoms with Crippen molar-refractivity contribution in [1.29, 1.82) is 0 Å².